The summed E-state index contributed by atoms with van der Waals surface area (Å²) in [6, 6.07) is 3.12. The van der Waals surface area contributed by atoms with E-state index in [1.807, 2.05) is 6.26 Å². The van der Waals surface area contributed by atoms with Crippen LogP contribution in [0.3, 0.4) is 0 Å². The molecule has 4 heteroatoms. The third-order valence-electron chi connectivity index (χ3n) is 1.21. The van der Waals surface area contributed by atoms with Gasteiger partial charge >= 0.3 is 0 Å². The van der Waals surface area contributed by atoms with Gasteiger partial charge in [0.05, 0.1) is 4.47 Å². The van der Waals surface area contributed by atoms with E-state index in [9.17, 15) is 4.39 Å². The molecule has 0 saturated carbocycles. The fourth-order valence-corrected chi connectivity index (χ4v) is 3.15. The van der Waals surface area contributed by atoms with Gasteiger partial charge in [0, 0.05) is 9.37 Å². The SMILES string of the molecule is CSc1c(Br)ccc(F)c1Br. The molecule has 0 atom stereocenters. The Bertz CT molecular complexity index is 275. The minimum atomic E-state index is -0.224. The van der Waals surface area contributed by atoms with Gasteiger partial charge in [-0.05, 0) is 50.2 Å². The van der Waals surface area contributed by atoms with Gasteiger partial charge in [0.15, 0.2) is 0 Å². The van der Waals surface area contributed by atoms with Crippen molar-refractivity contribution in [2.24, 2.45) is 0 Å². The maximum atomic E-state index is 12.9. The molecule has 0 bridgehead atoms. The Hall–Kier alpha value is 0.460. The molecule has 0 unspecified atom stereocenters. The second-order valence-corrected chi connectivity index (χ2v) is 4.34. The topological polar surface area (TPSA) is 0 Å². The van der Waals surface area contributed by atoms with Crippen molar-refractivity contribution in [3.8, 4) is 0 Å². The number of halogens is 3. The summed E-state index contributed by atoms with van der Waals surface area (Å²) in [6.07, 6.45) is 1.91. The molecule has 0 nitrogen and oxygen atoms in total. The molecule has 0 aliphatic rings. The molecule has 0 radical (unpaired) electrons. The predicted octanol–water partition coefficient (Wildman–Crippen LogP) is 4.07. The molecule has 0 heterocycles. The summed E-state index contributed by atoms with van der Waals surface area (Å²) in [5.74, 6) is -0.224. The maximum absolute atomic E-state index is 12.9. The van der Waals surface area contributed by atoms with Crippen molar-refractivity contribution in [1.29, 1.82) is 0 Å². The van der Waals surface area contributed by atoms with Crippen LogP contribution in [-0.4, -0.2) is 6.26 Å². The number of rotatable bonds is 1. The van der Waals surface area contributed by atoms with E-state index < -0.39 is 0 Å². The highest BCUT2D eigenvalue weighted by Crippen LogP contribution is 2.34. The maximum Gasteiger partial charge on any atom is 0.138 e. The molecule has 1 rings (SSSR count). The van der Waals surface area contributed by atoms with Crippen LogP contribution in [0, 0.1) is 5.82 Å². The zero-order valence-corrected chi connectivity index (χ0v) is 9.69. The number of hydrogen-bond donors (Lipinski definition) is 0. The minimum absolute atomic E-state index is 0.224. The van der Waals surface area contributed by atoms with Crippen LogP contribution in [-0.2, 0) is 0 Å². The third kappa shape index (κ3) is 1.98. The van der Waals surface area contributed by atoms with Gasteiger partial charge in [-0.2, -0.15) is 0 Å². The summed E-state index contributed by atoms with van der Waals surface area (Å²) in [5, 5.41) is 0. The molecule has 60 valence electrons. The Kier molecular flexibility index (Phi) is 3.40. The van der Waals surface area contributed by atoms with Crippen LogP contribution in [0.1, 0.15) is 0 Å². The average molecular weight is 300 g/mol. The van der Waals surface area contributed by atoms with E-state index in [1.165, 1.54) is 17.8 Å². The van der Waals surface area contributed by atoms with E-state index in [2.05, 4.69) is 31.9 Å². The van der Waals surface area contributed by atoms with Gasteiger partial charge in [-0.15, -0.1) is 11.8 Å². The molecule has 0 aliphatic heterocycles. The lowest BCUT2D eigenvalue weighted by Crippen LogP contribution is -1.81. The highest BCUT2D eigenvalue weighted by molar-refractivity contribution is 9.11. The van der Waals surface area contributed by atoms with Gasteiger partial charge in [-0.25, -0.2) is 4.39 Å². The van der Waals surface area contributed by atoms with Crippen molar-refractivity contribution in [2.45, 2.75) is 4.90 Å². The van der Waals surface area contributed by atoms with Crippen molar-refractivity contribution in [2.75, 3.05) is 6.26 Å². The van der Waals surface area contributed by atoms with Crippen LogP contribution in [0.5, 0.6) is 0 Å². The Morgan fingerprint density at radius 1 is 1.36 bits per heavy atom. The number of hydrogen-bond acceptors (Lipinski definition) is 1. The second kappa shape index (κ2) is 3.92. The van der Waals surface area contributed by atoms with Gasteiger partial charge < -0.3 is 0 Å². The summed E-state index contributed by atoms with van der Waals surface area (Å²) in [4.78, 5) is 0.894. The first-order chi connectivity index (χ1) is 5.16. The van der Waals surface area contributed by atoms with E-state index >= 15 is 0 Å². The smallest absolute Gasteiger partial charge is 0.138 e. The molecule has 0 aliphatic carbocycles. The Balaban J connectivity index is 3.29. The fourth-order valence-electron chi connectivity index (χ4n) is 0.696. The van der Waals surface area contributed by atoms with Crippen LogP contribution in [0.2, 0.25) is 0 Å². The number of benzene rings is 1. The van der Waals surface area contributed by atoms with Gasteiger partial charge in [0.1, 0.15) is 5.82 Å². The third-order valence-corrected chi connectivity index (χ3v) is 4.00. The highest BCUT2D eigenvalue weighted by atomic mass is 79.9. The Morgan fingerprint density at radius 2 is 2.00 bits per heavy atom. The summed E-state index contributed by atoms with van der Waals surface area (Å²) in [6.45, 7) is 0. The lowest BCUT2D eigenvalue weighted by molar-refractivity contribution is 0.616. The van der Waals surface area contributed by atoms with E-state index in [0.717, 1.165) is 9.37 Å². The zero-order valence-electron chi connectivity index (χ0n) is 5.70. The van der Waals surface area contributed by atoms with Gasteiger partial charge in [0.2, 0.25) is 0 Å². The predicted molar refractivity (Wildman–Crippen MR) is 53.6 cm³/mol. The molecular formula is C7H5Br2FS. The highest BCUT2D eigenvalue weighted by Gasteiger charge is 2.07. The standard InChI is InChI=1S/C7H5Br2FS/c1-11-7-4(8)2-3-5(10)6(7)9/h2-3H,1H3. The summed E-state index contributed by atoms with van der Waals surface area (Å²) >= 11 is 7.99. The summed E-state index contributed by atoms with van der Waals surface area (Å²) in [5.41, 5.74) is 0. The van der Waals surface area contributed by atoms with Crippen LogP contribution < -0.4 is 0 Å². The number of thioether (sulfide) groups is 1. The van der Waals surface area contributed by atoms with E-state index in [4.69, 9.17) is 0 Å². The first kappa shape index (κ1) is 9.55. The molecule has 11 heavy (non-hydrogen) atoms. The lowest BCUT2D eigenvalue weighted by Gasteiger charge is -2.03. The molecular weight excluding hydrogens is 295 g/mol. The van der Waals surface area contributed by atoms with Crippen molar-refractivity contribution in [3.05, 3.63) is 26.9 Å². The van der Waals surface area contributed by atoms with E-state index in [1.54, 1.807) is 6.07 Å². The lowest BCUT2D eigenvalue weighted by atomic mass is 10.3. The van der Waals surface area contributed by atoms with Crippen LogP contribution >= 0.6 is 43.6 Å². The molecule has 0 fully saturated rings. The Morgan fingerprint density at radius 3 is 2.45 bits per heavy atom. The summed E-state index contributed by atoms with van der Waals surface area (Å²) < 4.78 is 14.3. The van der Waals surface area contributed by atoms with Crippen molar-refractivity contribution in [3.63, 3.8) is 0 Å². The normalized spacial score (nSPS) is 10.2. The zero-order chi connectivity index (χ0) is 8.43. The molecule has 0 N–H and O–H groups in total. The van der Waals surface area contributed by atoms with E-state index in [0.29, 0.717) is 4.47 Å². The molecule has 0 aromatic heterocycles. The second-order valence-electron chi connectivity index (χ2n) is 1.88. The van der Waals surface area contributed by atoms with E-state index in [-0.39, 0.29) is 5.82 Å². The molecule has 1 aromatic rings. The molecule has 0 spiro atoms. The van der Waals surface area contributed by atoms with Gasteiger partial charge in [0.25, 0.3) is 0 Å². The molecule has 1 aromatic carbocycles. The van der Waals surface area contributed by atoms with Crippen LogP contribution in [0.25, 0.3) is 0 Å². The van der Waals surface area contributed by atoms with Gasteiger partial charge in [-0.1, -0.05) is 0 Å². The van der Waals surface area contributed by atoms with Crippen LogP contribution in [0.4, 0.5) is 4.39 Å². The Labute approximate surface area is 85.8 Å². The molecule has 0 saturated heterocycles. The van der Waals surface area contributed by atoms with Gasteiger partial charge in [-0.3, -0.25) is 0 Å². The van der Waals surface area contributed by atoms with Crippen molar-refractivity contribution in [1.82, 2.24) is 0 Å². The summed E-state index contributed by atoms with van der Waals surface area (Å²) in [7, 11) is 0. The van der Waals surface area contributed by atoms with Crippen molar-refractivity contribution < 1.29 is 4.39 Å². The minimum Gasteiger partial charge on any atom is -0.206 e. The average Bonchev–Trinajstić information content (AvgIpc) is 1.99. The largest absolute Gasteiger partial charge is 0.206 e. The quantitative estimate of drug-likeness (QED) is 0.556. The first-order valence-corrected chi connectivity index (χ1v) is 5.65. The van der Waals surface area contributed by atoms with Crippen molar-refractivity contribution >= 4 is 43.6 Å². The van der Waals surface area contributed by atoms with Crippen LogP contribution in [0.15, 0.2) is 26.0 Å². The first-order valence-electron chi connectivity index (χ1n) is 2.84. The molecule has 0 amide bonds. The fraction of sp³-hybridized carbons (Fsp3) is 0.143. The monoisotopic (exact) mass is 298 g/mol.